The summed E-state index contributed by atoms with van der Waals surface area (Å²) in [6.07, 6.45) is 2.39. The molecule has 6 heteroatoms. The van der Waals surface area contributed by atoms with Gasteiger partial charge in [0.1, 0.15) is 0 Å². The van der Waals surface area contributed by atoms with Crippen LogP contribution in [0.1, 0.15) is 44.1 Å². The second kappa shape index (κ2) is 5.20. The van der Waals surface area contributed by atoms with Crippen LogP contribution in [0.5, 0.6) is 0 Å². The van der Waals surface area contributed by atoms with Gasteiger partial charge in [-0.25, -0.2) is 0 Å². The quantitative estimate of drug-likeness (QED) is 0.843. The predicted molar refractivity (Wildman–Crippen MR) is 81.3 cm³/mol. The minimum absolute atomic E-state index is 0.0528. The molecule has 1 aromatic heterocycles. The maximum Gasteiger partial charge on any atom is 0.417 e. The van der Waals surface area contributed by atoms with Crippen molar-refractivity contribution in [1.29, 1.82) is 0 Å². The summed E-state index contributed by atoms with van der Waals surface area (Å²) in [4.78, 5) is 24.8. The van der Waals surface area contributed by atoms with E-state index in [2.05, 4.69) is 0 Å². The molecule has 4 aliphatic carbocycles. The van der Waals surface area contributed by atoms with Crippen molar-refractivity contribution in [2.45, 2.75) is 51.2 Å². The molecule has 1 heterocycles. The van der Waals surface area contributed by atoms with Crippen molar-refractivity contribution in [1.82, 2.24) is 4.57 Å². The Balaban J connectivity index is 1.60. The molecule has 4 saturated carbocycles. The lowest BCUT2D eigenvalue weighted by molar-refractivity contribution is -0.145. The van der Waals surface area contributed by atoms with Crippen LogP contribution in [0.15, 0.2) is 23.1 Å². The average molecular weight is 339 g/mol. The van der Waals surface area contributed by atoms with Crippen LogP contribution in [0.25, 0.3) is 0 Å². The minimum Gasteiger partial charge on any atom is -0.307 e. The molecule has 0 spiro atoms. The maximum atomic E-state index is 12.9. The number of nitrogens with zero attached hydrogens (tertiary/aromatic N) is 1. The third-order valence-corrected chi connectivity index (χ3v) is 6.25. The molecule has 3 nitrogen and oxygen atoms in total. The van der Waals surface area contributed by atoms with E-state index in [0.29, 0.717) is 17.8 Å². The van der Waals surface area contributed by atoms with Crippen molar-refractivity contribution in [2.75, 3.05) is 0 Å². The number of carbonyl (C=O) groups is 1. The molecular formula is C18H20F3NO2. The second-order valence-corrected chi connectivity index (χ2v) is 8.00. The topological polar surface area (TPSA) is 39.1 Å². The number of hydrogen-bond donors (Lipinski definition) is 0. The van der Waals surface area contributed by atoms with E-state index in [9.17, 15) is 22.8 Å². The Morgan fingerprint density at radius 3 is 2.12 bits per heavy atom. The van der Waals surface area contributed by atoms with E-state index in [4.69, 9.17) is 0 Å². The van der Waals surface area contributed by atoms with Gasteiger partial charge in [-0.1, -0.05) is 0 Å². The Hall–Kier alpha value is -1.59. The van der Waals surface area contributed by atoms with E-state index < -0.39 is 22.7 Å². The summed E-state index contributed by atoms with van der Waals surface area (Å²) in [5.41, 5.74) is -1.84. The van der Waals surface area contributed by atoms with Crippen LogP contribution in [0, 0.1) is 23.2 Å². The van der Waals surface area contributed by atoms with Gasteiger partial charge in [0.15, 0.2) is 5.78 Å². The molecule has 5 rings (SSSR count). The molecule has 0 saturated heterocycles. The second-order valence-electron chi connectivity index (χ2n) is 8.00. The predicted octanol–water partition coefficient (Wildman–Crippen LogP) is 3.65. The summed E-state index contributed by atoms with van der Waals surface area (Å²) in [5.74, 6) is 1.69. The summed E-state index contributed by atoms with van der Waals surface area (Å²) >= 11 is 0. The highest BCUT2D eigenvalue weighted by Gasteiger charge is 2.54. The van der Waals surface area contributed by atoms with E-state index in [1.165, 1.54) is 19.3 Å². The van der Waals surface area contributed by atoms with Crippen LogP contribution in [0.3, 0.4) is 0 Å². The van der Waals surface area contributed by atoms with Crippen LogP contribution in [0.2, 0.25) is 0 Å². The fourth-order valence-electron chi connectivity index (χ4n) is 5.60. The Morgan fingerprint density at radius 1 is 1.08 bits per heavy atom. The molecule has 24 heavy (non-hydrogen) atoms. The SMILES string of the molecule is O=C(Cn1cc(C(F)(F)F)ccc1=O)C12CC3CC(CC(C3)C1)C2. The van der Waals surface area contributed by atoms with Gasteiger partial charge in [0.05, 0.1) is 12.1 Å². The Bertz CT molecular complexity index is 699. The first kappa shape index (κ1) is 15.9. The third-order valence-electron chi connectivity index (χ3n) is 6.25. The molecule has 4 bridgehead atoms. The molecular weight excluding hydrogens is 319 g/mol. The first-order valence-electron chi connectivity index (χ1n) is 8.56. The molecule has 0 atom stereocenters. The van der Waals surface area contributed by atoms with Crippen LogP contribution in [-0.4, -0.2) is 10.4 Å². The van der Waals surface area contributed by atoms with Crippen molar-refractivity contribution in [3.63, 3.8) is 0 Å². The van der Waals surface area contributed by atoms with Gasteiger partial charge in [-0.05, 0) is 62.3 Å². The zero-order valence-corrected chi connectivity index (χ0v) is 13.3. The van der Waals surface area contributed by atoms with E-state index >= 15 is 0 Å². The highest BCUT2D eigenvalue weighted by atomic mass is 19.4. The number of pyridine rings is 1. The highest BCUT2D eigenvalue weighted by Crippen LogP contribution is 2.60. The van der Waals surface area contributed by atoms with Gasteiger partial charge in [0.25, 0.3) is 5.56 Å². The fourth-order valence-corrected chi connectivity index (χ4v) is 5.60. The lowest BCUT2D eigenvalue weighted by Gasteiger charge is -2.56. The third kappa shape index (κ3) is 2.60. The largest absolute Gasteiger partial charge is 0.417 e. The molecule has 0 aromatic carbocycles. The number of rotatable bonds is 3. The van der Waals surface area contributed by atoms with Gasteiger partial charge in [0, 0.05) is 17.7 Å². The van der Waals surface area contributed by atoms with Gasteiger partial charge in [0.2, 0.25) is 0 Å². The number of ketones is 1. The molecule has 4 fully saturated rings. The molecule has 0 N–H and O–H groups in total. The standard InChI is InChI=1S/C18H20F3NO2/c19-18(20,21)14-1-2-16(24)22(9-14)10-15(23)17-6-11-3-12(7-17)5-13(4-11)8-17/h1-2,9,11-13H,3-8,10H2. The Kier molecular flexibility index (Phi) is 3.45. The molecule has 130 valence electrons. The summed E-state index contributed by atoms with van der Waals surface area (Å²) < 4.78 is 39.5. The van der Waals surface area contributed by atoms with Crippen molar-refractivity contribution >= 4 is 5.78 Å². The molecule has 4 aliphatic rings. The summed E-state index contributed by atoms with van der Waals surface area (Å²) in [5, 5.41) is 0. The Labute approximate surface area is 137 Å². The van der Waals surface area contributed by atoms with Crippen LogP contribution < -0.4 is 5.56 Å². The number of hydrogen-bond acceptors (Lipinski definition) is 2. The first-order valence-corrected chi connectivity index (χ1v) is 8.56. The fraction of sp³-hybridized carbons (Fsp3) is 0.667. The van der Waals surface area contributed by atoms with Crippen molar-refractivity contribution in [3.05, 3.63) is 34.2 Å². The van der Waals surface area contributed by atoms with E-state index in [-0.39, 0.29) is 12.3 Å². The van der Waals surface area contributed by atoms with Gasteiger partial charge in [-0.2, -0.15) is 13.2 Å². The van der Waals surface area contributed by atoms with Gasteiger partial charge >= 0.3 is 6.18 Å². The highest BCUT2D eigenvalue weighted by molar-refractivity contribution is 5.85. The summed E-state index contributed by atoms with van der Waals surface area (Å²) in [7, 11) is 0. The number of aromatic nitrogens is 1. The first-order chi connectivity index (χ1) is 11.2. The smallest absolute Gasteiger partial charge is 0.307 e. The van der Waals surface area contributed by atoms with E-state index in [1.807, 2.05) is 0 Å². The number of halogens is 3. The van der Waals surface area contributed by atoms with Crippen molar-refractivity contribution in [3.8, 4) is 0 Å². The molecule has 0 aliphatic heterocycles. The molecule has 0 radical (unpaired) electrons. The van der Waals surface area contributed by atoms with Gasteiger partial charge < -0.3 is 4.57 Å². The normalized spacial score (nSPS) is 34.5. The maximum absolute atomic E-state index is 12.9. The molecule has 0 amide bonds. The summed E-state index contributed by atoms with van der Waals surface area (Å²) in [6, 6.07) is 1.67. The monoisotopic (exact) mass is 339 g/mol. The van der Waals surface area contributed by atoms with Gasteiger partial charge in [-0.15, -0.1) is 0 Å². The van der Waals surface area contributed by atoms with Crippen molar-refractivity contribution < 1.29 is 18.0 Å². The van der Waals surface area contributed by atoms with E-state index in [0.717, 1.165) is 42.2 Å². The van der Waals surface area contributed by atoms with Gasteiger partial charge in [-0.3, -0.25) is 9.59 Å². The number of Topliss-reactive ketones (excluding diaryl/α,β-unsaturated/α-hetero) is 1. The number of carbonyl (C=O) groups excluding carboxylic acids is 1. The zero-order valence-electron chi connectivity index (χ0n) is 13.3. The van der Waals surface area contributed by atoms with E-state index in [1.54, 1.807) is 0 Å². The van der Waals surface area contributed by atoms with Crippen molar-refractivity contribution in [2.24, 2.45) is 23.2 Å². The number of alkyl halides is 3. The minimum atomic E-state index is -4.51. The lowest BCUT2D eigenvalue weighted by Crippen LogP contribution is -2.51. The summed E-state index contributed by atoms with van der Waals surface area (Å²) in [6.45, 7) is -0.241. The molecule has 1 aromatic rings. The van der Waals surface area contributed by atoms with Crippen LogP contribution in [-0.2, 0) is 17.5 Å². The molecule has 0 unspecified atom stereocenters. The van der Waals surface area contributed by atoms with Crippen LogP contribution >= 0.6 is 0 Å². The Morgan fingerprint density at radius 2 is 1.62 bits per heavy atom. The zero-order chi connectivity index (χ0) is 17.1. The average Bonchev–Trinajstić information content (AvgIpc) is 2.46. The lowest BCUT2D eigenvalue weighted by atomic mass is 9.48. The van der Waals surface area contributed by atoms with Crippen LogP contribution in [0.4, 0.5) is 13.2 Å².